The fourth-order valence-corrected chi connectivity index (χ4v) is 1.75. The van der Waals surface area contributed by atoms with Gasteiger partial charge in [0.15, 0.2) is 0 Å². The number of nitrogens with one attached hydrogen (secondary N) is 1. The van der Waals surface area contributed by atoms with Crippen LogP contribution in [0.2, 0.25) is 5.02 Å². The topological polar surface area (TPSA) is 75.6 Å². The molecular weight excluding hydrogens is 270 g/mol. The third kappa shape index (κ3) is 4.13. The zero-order valence-corrected chi connectivity index (χ0v) is 11.6. The fraction of sp³-hybridized carbons (Fsp3) is 0.385. The smallest absolute Gasteiger partial charge is 0.339 e. The van der Waals surface area contributed by atoms with Gasteiger partial charge in [0.1, 0.15) is 11.3 Å². The lowest BCUT2D eigenvalue weighted by Gasteiger charge is -2.11. The van der Waals surface area contributed by atoms with Gasteiger partial charge in [-0.1, -0.05) is 24.9 Å². The number of halogens is 1. The van der Waals surface area contributed by atoms with Crippen LogP contribution >= 0.6 is 11.6 Å². The maximum atomic E-state index is 11.6. The second-order valence-electron chi connectivity index (χ2n) is 3.99. The van der Waals surface area contributed by atoms with E-state index in [1.54, 1.807) is 0 Å². The van der Waals surface area contributed by atoms with Gasteiger partial charge in [-0.2, -0.15) is 0 Å². The van der Waals surface area contributed by atoms with Crippen LogP contribution in [0.1, 0.15) is 36.5 Å². The number of benzene rings is 1. The highest BCUT2D eigenvalue weighted by molar-refractivity contribution is 6.34. The molecule has 1 aromatic carbocycles. The first-order valence-electron chi connectivity index (χ1n) is 5.90. The number of hydrogen-bond donors (Lipinski definition) is 2. The molecule has 6 heteroatoms. The van der Waals surface area contributed by atoms with E-state index in [9.17, 15) is 9.59 Å². The van der Waals surface area contributed by atoms with Crippen LogP contribution in [-0.2, 0) is 4.79 Å². The van der Waals surface area contributed by atoms with Crippen LogP contribution in [0.25, 0.3) is 0 Å². The average Bonchev–Trinajstić information content (AvgIpc) is 2.38. The summed E-state index contributed by atoms with van der Waals surface area (Å²) in [5, 5.41) is 11.8. The van der Waals surface area contributed by atoms with E-state index >= 15 is 0 Å². The molecule has 0 saturated carbocycles. The first-order chi connectivity index (χ1) is 8.99. The number of hydrogen-bond acceptors (Lipinski definition) is 3. The number of carboxylic acid groups (broad SMARTS) is 1. The molecule has 0 atom stereocenters. The van der Waals surface area contributed by atoms with E-state index in [1.807, 2.05) is 6.92 Å². The molecule has 104 valence electrons. The molecule has 0 aliphatic rings. The molecule has 19 heavy (non-hydrogen) atoms. The Morgan fingerprint density at radius 1 is 1.42 bits per heavy atom. The van der Waals surface area contributed by atoms with Crippen LogP contribution in [0.5, 0.6) is 5.75 Å². The average molecular weight is 286 g/mol. The SMILES string of the molecule is CCCCC(=O)Nc1cc(OC)c(C(=O)O)cc1Cl. The van der Waals surface area contributed by atoms with Crippen LogP contribution in [0.15, 0.2) is 12.1 Å². The molecule has 0 heterocycles. The van der Waals surface area contributed by atoms with Crippen molar-refractivity contribution in [3.8, 4) is 5.75 Å². The third-order valence-electron chi connectivity index (χ3n) is 2.55. The van der Waals surface area contributed by atoms with Crippen molar-refractivity contribution >= 4 is 29.2 Å². The standard InChI is InChI=1S/C13H16ClNO4/c1-3-4-5-12(16)15-10-7-11(19-2)8(13(17)18)6-9(10)14/h6-7H,3-5H2,1-2H3,(H,15,16)(H,17,18). The third-order valence-corrected chi connectivity index (χ3v) is 2.86. The number of carbonyl (C=O) groups excluding carboxylic acids is 1. The molecule has 0 fully saturated rings. The largest absolute Gasteiger partial charge is 0.496 e. The quantitative estimate of drug-likeness (QED) is 0.842. The molecule has 0 unspecified atom stereocenters. The minimum atomic E-state index is -1.14. The van der Waals surface area contributed by atoms with Crippen LogP contribution in [-0.4, -0.2) is 24.1 Å². The molecule has 0 aliphatic heterocycles. The number of ether oxygens (including phenoxy) is 1. The minimum absolute atomic E-state index is 0.0425. The zero-order valence-electron chi connectivity index (χ0n) is 10.8. The van der Waals surface area contributed by atoms with Crippen molar-refractivity contribution in [3.05, 3.63) is 22.7 Å². The van der Waals surface area contributed by atoms with Gasteiger partial charge in [0.25, 0.3) is 0 Å². The van der Waals surface area contributed by atoms with Gasteiger partial charge in [-0.05, 0) is 12.5 Å². The van der Waals surface area contributed by atoms with Crippen molar-refractivity contribution in [2.75, 3.05) is 12.4 Å². The minimum Gasteiger partial charge on any atom is -0.496 e. The number of anilines is 1. The molecule has 0 saturated heterocycles. The Bertz CT molecular complexity index is 488. The molecule has 0 aromatic heterocycles. The molecule has 0 spiro atoms. The van der Waals surface area contributed by atoms with E-state index in [1.165, 1.54) is 19.2 Å². The summed E-state index contributed by atoms with van der Waals surface area (Å²) < 4.78 is 4.97. The Labute approximate surface area is 116 Å². The summed E-state index contributed by atoms with van der Waals surface area (Å²) in [6.07, 6.45) is 2.10. The highest BCUT2D eigenvalue weighted by atomic mass is 35.5. The Balaban J connectivity index is 2.96. The van der Waals surface area contributed by atoms with Crippen LogP contribution in [0.3, 0.4) is 0 Å². The normalized spacial score (nSPS) is 10.1. The van der Waals surface area contributed by atoms with Crippen molar-refractivity contribution < 1.29 is 19.4 Å². The zero-order chi connectivity index (χ0) is 14.4. The van der Waals surface area contributed by atoms with Crippen molar-refractivity contribution in [2.24, 2.45) is 0 Å². The van der Waals surface area contributed by atoms with E-state index in [0.29, 0.717) is 12.1 Å². The number of methoxy groups -OCH3 is 1. The fourth-order valence-electron chi connectivity index (χ4n) is 1.54. The molecule has 1 amide bonds. The highest BCUT2D eigenvalue weighted by Crippen LogP contribution is 2.31. The first kappa shape index (κ1) is 15.3. The lowest BCUT2D eigenvalue weighted by molar-refractivity contribution is -0.116. The van der Waals surface area contributed by atoms with E-state index in [0.717, 1.165) is 12.8 Å². The number of rotatable bonds is 6. The first-order valence-corrected chi connectivity index (χ1v) is 6.28. The van der Waals surface area contributed by atoms with Gasteiger partial charge < -0.3 is 15.2 Å². The molecule has 1 rings (SSSR count). The molecular formula is C13H16ClNO4. The molecule has 0 radical (unpaired) electrons. The van der Waals surface area contributed by atoms with E-state index in [-0.39, 0.29) is 22.2 Å². The second kappa shape index (κ2) is 6.99. The van der Waals surface area contributed by atoms with Crippen molar-refractivity contribution in [1.29, 1.82) is 0 Å². The summed E-state index contributed by atoms with van der Waals surface area (Å²) in [5.41, 5.74) is 0.309. The van der Waals surface area contributed by atoms with Crippen molar-refractivity contribution in [3.63, 3.8) is 0 Å². The van der Waals surface area contributed by atoms with Crippen LogP contribution in [0.4, 0.5) is 5.69 Å². The Morgan fingerprint density at radius 3 is 2.63 bits per heavy atom. The summed E-state index contributed by atoms with van der Waals surface area (Å²) in [6.45, 7) is 1.99. The maximum absolute atomic E-state index is 11.6. The number of carboxylic acids is 1. The van der Waals surface area contributed by atoms with E-state index < -0.39 is 5.97 Å². The number of amides is 1. The predicted molar refractivity (Wildman–Crippen MR) is 73.1 cm³/mol. The molecule has 5 nitrogen and oxygen atoms in total. The van der Waals surface area contributed by atoms with E-state index in [4.69, 9.17) is 21.4 Å². The lowest BCUT2D eigenvalue weighted by atomic mass is 10.1. The number of unbranched alkanes of at least 4 members (excludes halogenated alkanes) is 1. The second-order valence-corrected chi connectivity index (χ2v) is 4.40. The molecule has 0 aliphatic carbocycles. The Hall–Kier alpha value is -1.75. The highest BCUT2D eigenvalue weighted by Gasteiger charge is 2.16. The molecule has 0 bridgehead atoms. The summed E-state index contributed by atoms with van der Waals surface area (Å²) in [4.78, 5) is 22.6. The molecule has 2 N–H and O–H groups in total. The maximum Gasteiger partial charge on any atom is 0.339 e. The van der Waals surface area contributed by atoms with Crippen LogP contribution in [0, 0.1) is 0 Å². The van der Waals surface area contributed by atoms with Crippen LogP contribution < -0.4 is 10.1 Å². The lowest BCUT2D eigenvalue weighted by Crippen LogP contribution is -2.12. The molecule has 1 aromatic rings. The Kier molecular flexibility index (Phi) is 5.63. The van der Waals surface area contributed by atoms with Gasteiger partial charge in [-0.15, -0.1) is 0 Å². The number of carbonyl (C=O) groups is 2. The summed E-state index contributed by atoms with van der Waals surface area (Å²) >= 11 is 5.95. The van der Waals surface area contributed by atoms with Gasteiger partial charge in [-0.25, -0.2) is 4.79 Å². The van der Waals surface area contributed by atoms with Gasteiger partial charge in [-0.3, -0.25) is 4.79 Å². The van der Waals surface area contributed by atoms with Gasteiger partial charge in [0.05, 0.1) is 17.8 Å². The summed E-state index contributed by atoms with van der Waals surface area (Å²) in [5.74, 6) is -1.14. The van der Waals surface area contributed by atoms with Crippen molar-refractivity contribution in [1.82, 2.24) is 0 Å². The number of aromatic carboxylic acids is 1. The van der Waals surface area contributed by atoms with Gasteiger partial charge in [0, 0.05) is 12.5 Å². The van der Waals surface area contributed by atoms with Gasteiger partial charge >= 0.3 is 5.97 Å². The monoisotopic (exact) mass is 285 g/mol. The predicted octanol–water partition coefficient (Wildman–Crippen LogP) is 3.18. The summed E-state index contributed by atoms with van der Waals surface area (Å²) in [7, 11) is 1.36. The van der Waals surface area contributed by atoms with E-state index in [2.05, 4.69) is 5.32 Å². The van der Waals surface area contributed by atoms with Gasteiger partial charge in [0.2, 0.25) is 5.91 Å². The summed E-state index contributed by atoms with van der Waals surface area (Å²) in [6, 6.07) is 2.67. The van der Waals surface area contributed by atoms with Crippen molar-refractivity contribution in [2.45, 2.75) is 26.2 Å². The Morgan fingerprint density at radius 2 is 2.11 bits per heavy atom.